The molecule has 2 heterocycles. The third-order valence-corrected chi connectivity index (χ3v) is 4.80. The van der Waals surface area contributed by atoms with Crippen molar-refractivity contribution in [3.8, 4) is 11.5 Å². The van der Waals surface area contributed by atoms with Crippen molar-refractivity contribution < 1.29 is 14.0 Å². The Balaban J connectivity index is 1.56. The Morgan fingerprint density at radius 1 is 1.07 bits per heavy atom. The van der Waals surface area contributed by atoms with Crippen LogP contribution in [0.2, 0.25) is 0 Å². The molecule has 0 spiro atoms. The Hall–Kier alpha value is -3.41. The van der Waals surface area contributed by atoms with Gasteiger partial charge in [0, 0.05) is 5.56 Å². The Bertz CT molecular complexity index is 995. The summed E-state index contributed by atoms with van der Waals surface area (Å²) in [7, 11) is 0. The molecular formula is C21H19N3O3. The zero-order valence-corrected chi connectivity index (χ0v) is 15.1. The summed E-state index contributed by atoms with van der Waals surface area (Å²) < 4.78 is 5.50. The standard InChI is InChI=1S/C21H19N3O3/c1-14-8-10-16(11-9-14)21(2)19(25)24(20(26)23-21)12-17-13-27-18(22-17)15-6-4-3-5-7-15/h3-11,13H,12H2,1-2H3,(H,23,26). The summed E-state index contributed by atoms with van der Waals surface area (Å²) >= 11 is 0. The zero-order chi connectivity index (χ0) is 19.0. The Morgan fingerprint density at radius 3 is 2.48 bits per heavy atom. The number of hydrogen-bond acceptors (Lipinski definition) is 4. The normalized spacial score (nSPS) is 19.4. The van der Waals surface area contributed by atoms with Gasteiger partial charge in [-0.05, 0) is 31.5 Å². The molecule has 1 fully saturated rings. The molecule has 6 heteroatoms. The van der Waals surface area contributed by atoms with E-state index in [1.165, 1.54) is 11.2 Å². The number of imide groups is 1. The van der Waals surface area contributed by atoms with E-state index in [1.807, 2.05) is 61.5 Å². The molecule has 1 aliphatic heterocycles. The van der Waals surface area contributed by atoms with Crippen molar-refractivity contribution in [1.29, 1.82) is 0 Å². The van der Waals surface area contributed by atoms with Gasteiger partial charge in [-0.1, -0.05) is 48.0 Å². The number of carbonyl (C=O) groups excluding carboxylic acids is 2. The van der Waals surface area contributed by atoms with Gasteiger partial charge in [-0.25, -0.2) is 9.78 Å². The monoisotopic (exact) mass is 361 g/mol. The number of rotatable bonds is 4. The predicted molar refractivity (Wildman–Crippen MR) is 99.6 cm³/mol. The van der Waals surface area contributed by atoms with E-state index in [0.29, 0.717) is 11.6 Å². The summed E-state index contributed by atoms with van der Waals surface area (Å²) in [6.07, 6.45) is 1.48. The Kier molecular flexibility index (Phi) is 4.03. The summed E-state index contributed by atoms with van der Waals surface area (Å²) in [4.78, 5) is 31.0. The number of aromatic nitrogens is 1. The van der Waals surface area contributed by atoms with Gasteiger partial charge >= 0.3 is 6.03 Å². The molecule has 1 saturated heterocycles. The number of hydrogen-bond donors (Lipinski definition) is 1. The van der Waals surface area contributed by atoms with Crippen LogP contribution >= 0.6 is 0 Å². The van der Waals surface area contributed by atoms with Crippen LogP contribution < -0.4 is 5.32 Å². The molecule has 3 aromatic rings. The number of oxazole rings is 1. The molecule has 0 aliphatic carbocycles. The summed E-state index contributed by atoms with van der Waals surface area (Å²) in [6, 6.07) is 16.6. The van der Waals surface area contributed by atoms with Crippen molar-refractivity contribution in [3.63, 3.8) is 0 Å². The number of nitrogens with zero attached hydrogens (tertiary/aromatic N) is 2. The first-order valence-corrected chi connectivity index (χ1v) is 8.68. The largest absolute Gasteiger partial charge is 0.444 e. The van der Waals surface area contributed by atoms with Gasteiger partial charge in [0.25, 0.3) is 5.91 Å². The highest BCUT2D eigenvalue weighted by Crippen LogP contribution is 2.30. The minimum atomic E-state index is -1.09. The molecule has 1 unspecified atom stereocenters. The molecule has 1 aromatic heterocycles. The third-order valence-electron chi connectivity index (χ3n) is 4.80. The number of carbonyl (C=O) groups is 2. The number of nitrogens with one attached hydrogen (secondary N) is 1. The topological polar surface area (TPSA) is 75.4 Å². The van der Waals surface area contributed by atoms with E-state index < -0.39 is 11.6 Å². The molecule has 6 nitrogen and oxygen atoms in total. The molecule has 0 saturated carbocycles. The van der Waals surface area contributed by atoms with Crippen LogP contribution in [0.3, 0.4) is 0 Å². The van der Waals surface area contributed by atoms with Gasteiger partial charge in [0.1, 0.15) is 11.8 Å². The Morgan fingerprint density at radius 2 is 1.78 bits per heavy atom. The minimum absolute atomic E-state index is 0.0580. The van der Waals surface area contributed by atoms with Crippen LogP contribution in [0.25, 0.3) is 11.5 Å². The molecule has 1 aliphatic rings. The summed E-state index contributed by atoms with van der Waals surface area (Å²) in [5.41, 5.74) is 2.11. The highest BCUT2D eigenvalue weighted by molar-refractivity contribution is 6.07. The van der Waals surface area contributed by atoms with E-state index in [1.54, 1.807) is 6.92 Å². The molecule has 27 heavy (non-hydrogen) atoms. The molecule has 1 N–H and O–H groups in total. The lowest BCUT2D eigenvalue weighted by Crippen LogP contribution is -2.40. The number of aryl methyl sites for hydroxylation is 1. The number of amides is 3. The van der Waals surface area contributed by atoms with Gasteiger partial charge in [-0.3, -0.25) is 9.69 Å². The van der Waals surface area contributed by atoms with Crippen molar-refractivity contribution in [2.45, 2.75) is 25.9 Å². The maximum Gasteiger partial charge on any atom is 0.325 e. The van der Waals surface area contributed by atoms with Gasteiger partial charge in [-0.2, -0.15) is 0 Å². The first kappa shape index (κ1) is 17.0. The van der Waals surface area contributed by atoms with Crippen LogP contribution in [0.1, 0.15) is 23.7 Å². The third kappa shape index (κ3) is 2.99. The number of benzene rings is 2. The van der Waals surface area contributed by atoms with Crippen molar-refractivity contribution in [1.82, 2.24) is 15.2 Å². The molecular weight excluding hydrogens is 342 g/mol. The van der Waals surface area contributed by atoms with Crippen molar-refractivity contribution in [2.24, 2.45) is 0 Å². The molecule has 4 rings (SSSR count). The second-order valence-electron chi connectivity index (χ2n) is 6.82. The molecule has 136 valence electrons. The number of urea groups is 1. The lowest BCUT2D eigenvalue weighted by molar-refractivity contribution is -0.131. The molecule has 1 atom stereocenters. The smallest absolute Gasteiger partial charge is 0.325 e. The fraction of sp³-hybridized carbons (Fsp3) is 0.190. The van der Waals surface area contributed by atoms with Crippen molar-refractivity contribution >= 4 is 11.9 Å². The van der Waals surface area contributed by atoms with Gasteiger partial charge in [-0.15, -0.1) is 0 Å². The van der Waals surface area contributed by atoms with Gasteiger partial charge in [0.2, 0.25) is 5.89 Å². The first-order chi connectivity index (χ1) is 13.0. The van der Waals surface area contributed by atoms with Gasteiger partial charge in [0.05, 0.1) is 12.2 Å². The fourth-order valence-electron chi connectivity index (χ4n) is 3.18. The van der Waals surface area contributed by atoms with Crippen LogP contribution in [0.4, 0.5) is 4.79 Å². The van der Waals surface area contributed by atoms with E-state index in [2.05, 4.69) is 10.3 Å². The van der Waals surface area contributed by atoms with E-state index in [0.717, 1.165) is 16.7 Å². The average molecular weight is 361 g/mol. The molecule has 2 aromatic carbocycles. The zero-order valence-electron chi connectivity index (χ0n) is 15.1. The fourth-order valence-corrected chi connectivity index (χ4v) is 3.18. The summed E-state index contributed by atoms with van der Waals surface area (Å²) in [5.74, 6) is 0.152. The minimum Gasteiger partial charge on any atom is -0.444 e. The SMILES string of the molecule is Cc1ccc(C2(C)NC(=O)N(Cc3coc(-c4ccccc4)n3)C2=O)cc1. The van der Waals surface area contributed by atoms with Crippen molar-refractivity contribution in [2.75, 3.05) is 0 Å². The molecule has 0 bridgehead atoms. The van der Waals surface area contributed by atoms with Crippen LogP contribution in [0.5, 0.6) is 0 Å². The molecule has 3 amide bonds. The van der Waals surface area contributed by atoms with Crippen molar-refractivity contribution in [3.05, 3.63) is 77.7 Å². The maximum atomic E-state index is 13.0. The highest BCUT2D eigenvalue weighted by atomic mass is 16.3. The van der Waals surface area contributed by atoms with Gasteiger partial charge in [0.15, 0.2) is 0 Å². The lowest BCUT2D eigenvalue weighted by atomic mass is 9.91. The van der Waals surface area contributed by atoms with Crippen LogP contribution in [0, 0.1) is 6.92 Å². The van der Waals surface area contributed by atoms with E-state index in [4.69, 9.17) is 4.42 Å². The summed E-state index contributed by atoms with van der Waals surface area (Å²) in [6.45, 7) is 3.75. The second kappa shape index (κ2) is 6.39. The predicted octanol–water partition coefficient (Wildman–Crippen LogP) is 3.62. The quantitative estimate of drug-likeness (QED) is 0.720. The lowest BCUT2D eigenvalue weighted by Gasteiger charge is -2.22. The maximum absolute atomic E-state index is 13.0. The van der Waals surface area contributed by atoms with Gasteiger partial charge < -0.3 is 9.73 Å². The van der Waals surface area contributed by atoms with E-state index >= 15 is 0 Å². The van der Waals surface area contributed by atoms with Crippen LogP contribution in [0.15, 0.2) is 65.3 Å². The average Bonchev–Trinajstić information content (AvgIpc) is 3.22. The second-order valence-corrected chi connectivity index (χ2v) is 6.82. The highest BCUT2D eigenvalue weighted by Gasteiger charge is 2.49. The van der Waals surface area contributed by atoms with E-state index in [9.17, 15) is 9.59 Å². The summed E-state index contributed by atoms with van der Waals surface area (Å²) in [5, 5.41) is 2.80. The van der Waals surface area contributed by atoms with Crippen LogP contribution in [-0.2, 0) is 16.9 Å². The Labute approximate surface area is 156 Å². The first-order valence-electron chi connectivity index (χ1n) is 8.68. The van der Waals surface area contributed by atoms with Crippen LogP contribution in [-0.4, -0.2) is 21.8 Å². The molecule has 0 radical (unpaired) electrons. The van der Waals surface area contributed by atoms with E-state index in [-0.39, 0.29) is 12.5 Å².